The number of benzene rings is 2. The van der Waals surface area contributed by atoms with E-state index in [0.717, 1.165) is 35.7 Å². The van der Waals surface area contributed by atoms with E-state index in [9.17, 15) is 14.4 Å². The average molecular weight is 570 g/mol. The van der Waals surface area contributed by atoms with Crippen LogP contribution >= 0.6 is 0 Å². The third-order valence-electron chi connectivity index (χ3n) is 8.74. The number of rotatable bonds is 7. The molecule has 42 heavy (non-hydrogen) atoms. The second kappa shape index (κ2) is 11.9. The smallest absolute Gasteiger partial charge is 0.318 e. The molecule has 2 aromatic carbocycles. The van der Waals surface area contributed by atoms with Crippen molar-refractivity contribution in [1.82, 2.24) is 19.8 Å². The van der Waals surface area contributed by atoms with Gasteiger partial charge in [0, 0.05) is 55.4 Å². The number of piperazine rings is 1. The van der Waals surface area contributed by atoms with Crippen LogP contribution in [0.4, 0.5) is 15.9 Å². The molecule has 1 amide bonds. The minimum Gasteiger partial charge on any atom is -0.462 e. The lowest BCUT2D eigenvalue weighted by Crippen LogP contribution is -2.55. The van der Waals surface area contributed by atoms with E-state index < -0.39 is 6.17 Å². The number of nitrogens with zero attached hydrogens (tertiary/aromatic N) is 7. The summed E-state index contributed by atoms with van der Waals surface area (Å²) >= 11 is 0. The van der Waals surface area contributed by atoms with Gasteiger partial charge in [0.1, 0.15) is 18.6 Å². The van der Waals surface area contributed by atoms with Crippen LogP contribution in [-0.2, 0) is 17.8 Å². The molecule has 0 radical (unpaired) electrons. The molecule has 6 rings (SSSR count). The third kappa shape index (κ3) is 5.49. The van der Waals surface area contributed by atoms with E-state index in [1.165, 1.54) is 16.8 Å². The van der Waals surface area contributed by atoms with Gasteiger partial charge >= 0.3 is 6.01 Å². The number of likely N-dealkylation sites (N-methyl/N-ethyl adjacent to an activating group) is 1. The summed E-state index contributed by atoms with van der Waals surface area (Å²) in [5.74, 6) is 0.630. The van der Waals surface area contributed by atoms with Crippen LogP contribution in [0.25, 0.3) is 10.8 Å². The van der Waals surface area contributed by atoms with Crippen LogP contribution in [0.2, 0.25) is 0 Å². The molecule has 218 valence electrons. The number of alkyl halides is 1. The molecule has 0 aliphatic carbocycles. The van der Waals surface area contributed by atoms with Gasteiger partial charge in [-0.15, -0.1) is 0 Å². The van der Waals surface area contributed by atoms with E-state index in [0.29, 0.717) is 45.8 Å². The van der Waals surface area contributed by atoms with Crippen LogP contribution in [0.15, 0.2) is 55.1 Å². The predicted octanol–water partition coefficient (Wildman–Crippen LogP) is 3.73. The molecule has 3 aliphatic rings. The highest BCUT2D eigenvalue weighted by molar-refractivity contribution is 5.94. The van der Waals surface area contributed by atoms with Gasteiger partial charge in [-0.05, 0) is 37.4 Å². The molecule has 0 N–H and O–H groups in total. The predicted molar refractivity (Wildman–Crippen MR) is 160 cm³/mol. The molecule has 9 nitrogen and oxygen atoms in total. The molecule has 0 spiro atoms. The van der Waals surface area contributed by atoms with Gasteiger partial charge in [0.05, 0.1) is 30.8 Å². The first-order valence-corrected chi connectivity index (χ1v) is 14.6. The highest BCUT2D eigenvalue weighted by atomic mass is 19.1. The van der Waals surface area contributed by atoms with Crippen molar-refractivity contribution in [2.24, 2.45) is 0 Å². The van der Waals surface area contributed by atoms with Gasteiger partial charge in [0.25, 0.3) is 0 Å². The van der Waals surface area contributed by atoms with E-state index in [-0.39, 0.29) is 30.4 Å². The highest BCUT2D eigenvalue weighted by Crippen LogP contribution is 2.35. The standard InChI is InChI=1S/C32H36FN7O2/c1-3-30(41)40-16-15-39(19-24(40)11-13-34)31-27-12-14-38(29-10-6-8-22-7-4-5-9-26(22)29)20-28(27)35-32(36-31)42-21-25-17-23(33)18-37(25)2/h3-10,23-25H,1,11-12,14-21H2,2H3/t23-,24+,25+/m1/s1. The zero-order chi connectivity index (χ0) is 29.2. The van der Waals surface area contributed by atoms with Crippen molar-refractivity contribution in [2.75, 3.05) is 56.2 Å². The highest BCUT2D eigenvalue weighted by Gasteiger charge is 2.34. The average Bonchev–Trinajstić information content (AvgIpc) is 3.34. The molecule has 10 heteroatoms. The van der Waals surface area contributed by atoms with Crippen LogP contribution in [0.3, 0.4) is 0 Å². The lowest BCUT2D eigenvalue weighted by atomic mass is 10.0. The molecule has 0 unspecified atom stereocenters. The van der Waals surface area contributed by atoms with E-state index in [1.807, 2.05) is 11.9 Å². The Labute approximate surface area is 245 Å². The van der Waals surface area contributed by atoms with Crippen LogP contribution in [0.5, 0.6) is 6.01 Å². The second-order valence-corrected chi connectivity index (χ2v) is 11.4. The summed E-state index contributed by atoms with van der Waals surface area (Å²) in [6.07, 6.45) is 1.85. The Morgan fingerprint density at radius 1 is 1.12 bits per heavy atom. The molecule has 0 saturated carbocycles. The maximum Gasteiger partial charge on any atom is 0.318 e. The van der Waals surface area contributed by atoms with E-state index in [4.69, 9.17) is 14.7 Å². The van der Waals surface area contributed by atoms with Crippen molar-refractivity contribution < 1.29 is 13.9 Å². The number of likely N-dealkylation sites (tertiary alicyclic amines) is 1. The van der Waals surface area contributed by atoms with Crippen LogP contribution in [0, 0.1) is 11.3 Å². The number of aromatic nitrogens is 2. The van der Waals surface area contributed by atoms with Gasteiger partial charge in [0.2, 0.25) is 5.91 Å². The molecule has 3 aromatic rings. The lowest BCUT2D eigenvalue weighted by molar-refractivity contribution is -0.128. The monoisotopic (exact) mass is 569 g/mol. The Morgan fingerprint density at radius 3 is 2.74 bits per heavy atom. The number of fused-ring (bicyclic) bond motifs is 2. The SMILES string of the molecule is C=CC(=O)N1CCN(c2nc(OC[C@@H]3C[C@@H](F)CN3C)nc3c2CCN(c2cccc4ccccc24)C3)C[C@@H]1CC#N. The maximum atomic E-state index is 14.0. The number of hydrogen-bond donors (Lipinski definition) is 0. The fourth-order valence-corrected chi connectivity index (χ4v) is 6.52. The first kappa shape index (κ1) is 27.9. The first-order chi connectivity index (χ1) is 20.4. The fourth-order valence-electron chi connectivity index (χ4n) is 6.52. The number of anilines is 2. The lowest BCUT2D eigenvalue weighted by Gasteiger charge is -2.42. The normalized spacial score (nSPS) is 22.6. The summed E-state index contributed by atoms with van der Waals surface area (Å²) in [7, 11) is 1.91. The number of ether oxygens (including phenoxy) is 1. The van der Waals surface area contributed by atoms with Crippen molar-refractivity contribution in [2.45, 2.75) is 44.1 Å². The topological polar surface area (TPSA) is 88.8 Å². The summed E-state index contributed by atoms with van der Waals surface area (Å²) < 4.78 is 20.2. The molecule has 2 fully saturated rings. The number of carbonyl (C=O) groups excluding carboxylic acids is 1. The molecule has 3 atom stereocenters. The maximum absolute atomic E-state index is 14.0. The molecule has 1 aromatic heterocycles. The number of halogens is 1. The van der Waals surface area contributed by atoms with Crippen molar-refractivity contribution in [3.8, 4) is 12.1 Å². The Hall–Kier alpha value is -4.23. The zero-order valence-corrected chi connectivity index (χ0v) is 24.0. The minimum absolute atomic E-state index is 0.0382. The molecule has 4 heterocycles. The van der Waals surface area contributed by atoms with Crippen LogP contribution in [0.1, 0.15) is 24.1 Å². The Bertz CT molecular complexity index is 1520. The molecule has 2 saturated heterocycles. The molecular formula is C32H36FN7O2. The summed E-state index contributed by atoms with van der Waals surface area (Å²) in [6, 6.07) is 17.0. The Kier molecular flexibility index (Phi) is 7.94. The van der Waals surface area contributed by atoms with Crippen LogP contribution in [-0.4, -0.2) is 90.3 Å². The van der Waals surface area contributed by atoms with Crippen molar-refractivity contribution >= 4 is 28.2 Å². The largest absolute Gasteiger partial charge is 0.462 e. The van der Waals surface area contributed by atoms with E-state index in [2.05, 4.69) is 64.9 Å². The quantitative estimate of drug-likeness (QED) is 0.398. The van der Waals surface area contributed by atoms with Crippen molar-refractivity contribution in [1.29, 1.82) is 5.26 Å². The van der Waals surface area contributed by atoms with Gasteiger partial charge in [-0.3, -0.25) is 9.69 Å². The number of nitriles is 1. The van der Waals surface area contributed by atoms with E-state index in [1.54, 1.807) is 4.90 Å². The molecule has 0 bridgehead atoms. The van der Waals surface area contributed by atoms with Gasteiger partial charge in [0.15, 0.2) is 0 Å². The summed E-state index contributed by atoms with van der Waals surface area (Å²) in [5.41, 5.74) is 3.13. The Balaban J connectivity index is 1.32. The molecular weight excluding hydrogens is 533 g/mol. The van der Waals surface area contributed by atoms with Gasteiger partial charge in [-0.2, -0.15) is 15.2 Å². The number of carbonyl (C=O) groups is 1. The van der Waals surface area contributed by atoms with Crippen molar-refractivity contribution in [3.63, 3.8) is 0 Å². The van der Waals surface area contributed by atoms with Crippen LogP contribution < -0.4 is 14.5 Å². The summed E-state index contributed by atoms with van der Waals surface area (Å²) in [6.45, 7) is 7.28. The first-order valence-electron chi connectivity index (χ1n) is 14.6. The summed E-state index contributed by atoms with van der Waals surface area (Å²) in [5, 5.41) is 11.9. The third-order valence-corrected chi connectivity index (χ3v) is 8.74. The number of amides is 1. The van der Waals surface area contributed by atoms with Gasteiger partial charge in [-0.1, -0.05) is 43.0 Å². The Morgan fingerprint density at radius 2 is 1.95 bits per heavy atom. The molecule has 3 aliphatic heterocycles. The number of hydrogen-bond acceptors (Lipinski definition) is 8. The minimum atomic E-state index is -0.857. The second-order valence-electron chi connectivity index (χ2n) is 11.4. The van der Waals surface area contributed by atoms with Gasteiger partial charge in [-0.25, -0.2) is 4.39 Å². The van der Waals surface area contributed by atoms with E-state index >= 15 is 0 Å². The fraction of sp³-hybridized carbons (Fsp3) is 0.438. The summed E-state index contributed by atoms with van der Waals surface area (Å²) in [4.78, 5) is 30.5. The zero-order valence-electron chi connectivity index (χ0n) is 24.0. The van der Waals surface area contributed by atoms with Crippen molar-refractivity contribution in [3.05, 3.63) is 66.4 Å². The van der Waals surface area contributed by atoms with Gasteiger partial charge < -0.3 is 19.4 Å².